The number of nitrogens with one attached hydrogen (secondary N) is 1. The highest BCUT2D eigenvalue weighted by Crippen LogP contribution is 2.13. The fraction of sp³-hybridized carbons (Fsp3) is 0.571. The van der Waals surface area contributed by atoms with Crippen molar-refractivity contribution < 1.29 is 14.3 Å². The quantitative estimate of drug-likeness (QED) is 0.620. The van der Waals surface area contributed by atoms with Gasteiger partial charge in [0.2, 0.25) is 0 Å². The van der Waals surface area contributed by atoms with Crippen LogP contribution in [0.1, 0.15) is 36.3 Å². The van der Waals surface area contributed by atoms with E-state index in [2.05, 4.69) is 10.3 Å². The molecule has 1 unspecified atom stereocenters. The molecule has 1 amide bonds. The molecule has 0 aliphatic rings. The van der Waals surface area contributed by atoms with Crippen LogP contribution in [0.4, 0.5) is 0 Å². The molecular formula is C14H21ClN2O3. The molecular weight excluding hydrogens is 280 g/mol. The van der Waals surface area contributed by atoms with Crippen molar-refractivity contribution in [1.29, 1.82) is 0 Å². The number of aromatic nitrogens is 1. The van der Waals surface area contributed by atoms with Crippen molar-refractivity contribution >= 4 is 17.5 Å². The smallest absolute Gasteiger partial charge is 0.251 e. The molecule has 0 aliphatic carbocycles. The average molecular weight is 301 g/mol. The molecule has 0 radical (unpaired) electrons. The molecule has 0 saturated heterocycles. The summed E-state index contributed by atoms with van der Waals surface area (Å²) in [5.74, 6) is -0.224. The molecule has 1 heterocycles. The standard InChI is InChI=1S/C14H21ClN2O3/c1-5-6-11-7-10(8-12(15)17-11)13(18)16-9(2)14(19-3)20-4/h7-9,14H,5-6H2,1-4H3,(H,16,18). The summed E-state index contributed by atoms with van der Waals surface area (Å²) < 4.78 is 10.2. The number of methoxy groups -OCH3 is 2. The minimum atomic E-state index is -0.494. The zero-order chi connectivity index (χ0) is 15.1. The average Bonchev–Trinajstić information content (AvgIpc) is 2.39. The molecule has 6 heteroatoms. The number of hydrogen-bond donors (Lipinski definition) is 1. The number of amides is 1. The summed E-state index contributed by atoms with van der Waals surface area (Å²) >= 11 is 5.94. The monoisotopic (exact) mass is 300 g/mol. The topological polar surface area (TPSA) is 60.5 Å². The van der Waals surface area contributed by atoms with Crippen LogP contribution < -0.4 is 5.32 Å². The molecule has 0 fully saturated rings. The molecule has 1 aromatic rings. The van der Waals surface area contributed by atoms with Crippen LogP contribution in [0.3, 0.4) is 0 Å². The van der Waals surface area contributed by atoms with Crippen LogP contribution in [-0.2, 0) is 15.9 Å². The van der Waals surface area contributed by atoms with Crippen LogP contribution in [0.15, 0.2) is 12.1 Å². The predicted molar refractivity (Wildman–Crippen MR) is 78.0 cm³/mol. The number of rotatable bonds is 7. The minimum absolute atomic E-state index is 0.224. The van der Waals surface area contributed by atoms with Gasteiger partial charge in [-0.1, -0.05) is 24.9 Å². The number of halogens is 1. The van der Waals surface area contributed by atoms with E-state index in [0.29, 0.717) is 10.7 Å². The Hall–Kier alpha value is -1.17. The Kier molecular flexibility index (Phi) is 6.91. The highest BCUT2D eigenvalue weighted by molar-refractivity contribution is 6.29. The molecule has 0 spiro atoms. The largest absolute Gasteiger partial charge is 0.354 e. The third-order valence-electron chi connectivity index (χ3n) is 2.85. The van der Waals surface area contributed by atoms with Gasteiger partial charge in [0.25, 0.3) is 5.91 Å². The number of carbonyl (C=O) groups is 1. The molecule has 0 saturated carbocycles. The highest BCUT2D eigenvalue weighted by Gasteiger charge is 2.19. The van der Waals surface area contributed by atoms with Gasteiger partial charge in [0.05, 0.1) is 6.04 Å². The molecule has 20 heavy (non-hydrogen) atoms. The Morgan fingerprint density at radius 1 is 1.40 bits per heavy atom. The Balaban J connectivity index is 2.81. The zero-order valence-corrected chi connectivity index (χ0v) is 13.0. The van der Waals surface area contributed by atoms with E-state index >= 15 is 0 Å². The maximum atomic E-state index is 12.2. The number of hydrogen-bond acceptors (Lipinski definition) is 4. The van der Waals surface area contributed by atoms with E-state index in [9.17, 15) is 4.79 Å². The lowest BCUT2D eigenvalue weighted by Gasteiger charge is -2.22. The van der Waals surface area contributed by atoms with Crippen molar-refractivity contribution in [3.05, 3.63) is 28.5 Å². The SMILES string of the molecule is CCCc1cc(C(=O)NC(C)C(OC)OC)cc(Cl)n1. The van der Waals surface area contributed by atoms with Gasteiger partial charge in [-0.3, -0.25) is 4.79 Å². The molecule has 5 nitrogen and oxygen atoms in total. The first-order chi connectivity index (χ1) is 9.51. The minimum Gasteiger partial charge on any atom is -0.354 e. The molecule has 0 aliphatic heterocycles. The van der Waals surface area contributed by atoms with Crippen molar-refractivity contribution in [3.63, 3.8) is 0 Å². The molecule has 1 N–H and O–H groups in total. The van der Waals surface area contributed by atoms with Crippen molar-refractivity contribution in [1.82, 2.24) is 10.3 Å². The second kappa shape index (κ2) is 8.19. The second-order valence-electron chi connectivity index (χ2n) is 4.52. The van der Waals surface area contributed by atoms with E-state index < -0.39 is 6.29 Å². The number of carbonyl (C=O) groups excluding carboxylic acids is 1. The van der Waals surface area contributed by atoms with E-state index in [1.807, 2.05) is 13.8 Å². The zero-order valence-electron chi connectivity index (χ0n) is 12.3. The lowest BCUT2D eigenvalue weighted by molar-refractivity contribution is -0.117. The Labute approximate surface area is 124 Å². The highest BCUT2D eigenvalue weighted by atomic mass is 35.5. The third kappa shape index (κ3) is 4.74. The lowest BCUT2D eigenvalue weighted by atomic mass is 10.1. The van der Waals surface area contributed by atoms with Crippen molar-refractivity contribution in [3.8, 4) is 0 Å². The normalized spacial score (nSPS) is 12.5. The van der Waals surface area contributed by atoms with Gasteiger partial charge in [0, 0.05) is 25.5 Å². The molecule has 1 atom stereocenters. The van der Waals surface area contributed by atoms with E-state index in [1.54, 1.807) is 12.1 Å². The Morgan fingerprint density at radius 3 is 2.60 bits per heavy atom. The number of ether oxygens (including phenoxy) is 2. The number of aryl methyl sites for hydroxylation is 1. The van der Waals surface area contributed by atoms with E-state index in [-0.39, 0.29) is 11.9 Å². The first-order valence-electron chi connectivity index (χ1n) is 6.54. The van der Waals surface area contributed by atoms with Gasteiger partial charge in [-0.2, -0.15) is 0 Å². The van der Waals surface area contributed by atoms with Gasteiger partial charge in [0.15, 0.2) is 6.29 Å². The summed E-state index contributed by atoms with van der Waals surface area (Å²) in [6, 6.07) is 3.03. The van der Waals surface area contributed by atoms with Crippen molar-refractivity contribution in [2.45, 2.75) is 39.0 Å². The van der Waals surface area contributed by atoms with E-state index in [0.717, 1.165) is 18.5 Å². The summed E-state index contributed by atoms with van der Waals surface area (Å²) in [5, 5.41) is 3.14. The fourth-order valence-corrected chi connectivity index (χ4v) is 2.16. The van der Waals surface area contributed by atoms with Crippen LogP contribution in [0.5, 0.6) is 0 Å². The van der Waals surface area contributed by atoms with Gasteiger partial charge in [-0.05, 0) is 25.5 Å². The molecule has 1 rings (SSSR count). The summed E-state index contributed by atoms with van der Waals surface area (Å²) in [4.78, 5) is 16.4. The number of nitrogens with zero attached hydrogens (tertiary/aromatic N) is 1. The molecule has 112 valence electrons. The number of pyridine rings is 1. The first-order valence-corrected chi connectivity index (χ1v) is 6.92. The van der Waals surface area contributed by atoms with Gasteiger partial charge >= 0.3 is 0 Å². The van der Waals surface area contributed by atoms with Crippen LogP contribution >= 0.6 is 11.6 Å². The Bertz CT molecular complexity index is 450. The van der Waals surface area contributed by atoms with Crippen LogP contribution in [-0.4, -0.2) is 37.4 Å². The summed E-state index contributed by atoms with van der Waals surface area (Å²) in [6.45, 7) is 3.86. The lowest BCUT2D eigenvalue weighted by Crippen LogP contribution is -2.43. The predicted octanol–water partition coefficient (Wildman–Crippen LogP) is 2.42. The molecule has 1 aromatic heterocycles. The van der Waals surface area contributed by atoms with Crippen LogP contribution in [0.2, 0.25) is 5.15 Å². The van der Waals surface area contributed by atoms with Gasteiger partial charge in [-0.25, -0.2) is 4.98 Å². The van der Waals surface area contributed by atoms with Crippen LogP contribution in [0, 0.1) is 0 Å². The maximum Gasteiger partial charge on any atom is 0.251 e. The van der Waals surface area contributed by atoms with Crippen molar-refractivity contribution in [2.24, 2.45) is 0 Å². The molecule has 0 aromatic carbocycles. The van der Waals surface area contributed by atoms with E-state index in [1.165, 1.54) is 14.2 Å². The summed E-state index contributed by atoms with van der Waals surface area (Å²) in [5.41, 5.74) is 1.30. The Morgan fingerprint density at radius 2 is 2.05 bits per heavy atom. The van der Waals surface area contributed by atoms with Gasteiger partial charge in [-0.15, -0.1) is 0 Å². The first kappa shape index (κ1) is 16.9. The van der Waals surface area contributed by atoms with Gasteiger partial charge in [0.1, 0.15) is 5.15 Å². The van der Waals surface area contributed by atoms with E-state index in [4.69, 9.17) is 21.1 Å². The fourth-order valence-electron chi connectivity index (χ4n) is 1.93. The third-order valence-corrected chi connectivity index (χ3v) is 3.04. The maximum absolute atomic E-state index is 12.2. The van der Waals surface area contributed by atoms with Crippen LogP contribution in [0.25, 0.3) is 0 Å². The second-order valence-corrected chi connectivity index (χ2v) is 4.91. The van der Waals surface area contributed by atoms with Gasteiger partial charge < -0.3 is 14.8 Å². The van der Waals surface area contributed by atoms with Crippen molar-refractivity contribution in [2.75, 3.05) is 14.2 Å². The summed E-state index contributed by atoms with van der Waals surface area (Å²) in [7, 11) is 3.05. The molecule has 0 bridgehead atoms. The summed E-state index contributed by atoms with van der Waals surface area (Å²) in [6.07, 6.45) is 1.24.